The molecule has 0 radical (unpaired) electrons. The van der Waals surface area contributed by atoms with Gasteiger partial charge in [0.15, 0.2) is 0 Å². The first kappa shape index (κ1) is 14.8. The van der Waals surface area contributed by atoms with Crippen LogP contribution < -0.4 is 14.8 Å². The topological polar surface area (TPSA) is 33.7 Å². The van der Waals surface area contributed by atoms with E-state index in [9.17, 15) is 0 Å². The van der Waals surface area contributed by atoms with Crippen molar-refractivity contribution < 1.29 is 9.47 Å². The summed E-state index contributed by atoms with van der Waals surface area (Å²) in [4.78, 5) is 2.26. The summed E-state index contributed by atoms with van der Waals surface area (Å²) < 4.78 is 10.8. The van der Waals surface area contributed by atoms with Crippen molar-refractivity contribution in [2.24, 2.45) is 0 Å². The van der Waals surface area contributed by atoms with E-state index in [-0.39, 0.29) is 0 Å². The van der Waals surface area contributed by atoms with Crippen LogP contribution in [0, 0.1) is 0 Å². The van der Waals surface area contributed by atoms with Crippen LogP contribution in [-0.4, -0.2) is 51.8 Å². The first-order valence-electron chi connectivity index (χ1n) is 6.42. The largest absolute Gasteiger partial charge is 0.497 e. The lowest BCUT2D eigenvalue weighted by molar-refractivity contribution is 0.237. The minimum atomic E-state index is 0.703. The van der Waals surface area contributed by atoms with Crippen LogP contribution in [0.5, 0.6) is 11.5 Å². The van der Waals surface area contributed by atoms with Crippen molar-refractivity contribution in [1.82, 2.24) is 10.2 Å². The van der Waals surface area contributed by atoms with Gasteiger partial charge in [0.2, 0.25) is 0 Å². The molecule has 1 aromatic carbocycles. The molecule has 0 unspecified atom stereocenters. The molecule has 0 heterocycles. The third kappa shape index (κ3) is 5.89. The van der Waals surface area contributed by atoms with Crippen LogP contribution in [0.25, 0.3) is 0 Å². The van der Waals surface area contributed by atoms with Crippen molar-refractivity contribution in [3.63, 3.8) is 0 Å². The van der Waals surface area contributed by atoms with Gasteiger partial charge in [-0.3, -0.25) is 0 Å². The van der Waals surface area contributed by atoms with E-state index in [0.29, 0.717) is 6.61 Å². The van der Waals surface area contributed by atoms with Gasteiger partial charge in [-0.2, -0.15) is 0 Å². The Kier molecular flexibility index (Phi) is 7.22. The molecule has 0 aliphatic heterocycles. The fourth-order valence-corrected chi connectivity index (χ4v) is 1.55. The molecule has 4 nitrogen and oxygen atoms in total. The Bertz CT molecular complexity index is 314. The molecule has 1 aromatic rings. The third-order valence-electron chi connectivity index (χ3n) is 2.72. The van der Waals surface area contributed by atoms with Gasteiger partial charge in [0.25, 0.3) is 0 Å². The van der Waals surface area contributed by atoms with Gasteiger partial charge in [-0.25, -0.2) is 0 Å². The summed E-state index contributed by atoms with van der Waals surface area (Å²) in [7, 11) is 3.77. The summed E-state index contributed by atoms with van der Waals surface area (Å²) in [6, 6.07) is 7.67. The maximum Gasteiger partial charge on any atom is 0.119 e. The molecule has 0 aliphatic rings. The average Bonchev–Trinajstić information content (AvgIpc) is 2.40. The van der Waals surface area contributed by atoms with Gasteiger partial charge in [0.05, 0.1) is 7.11 Å². The first-order valence-corrected chi connectivity index (χ1v) is 6.42. The smallest absolute Gasteiger partial charge is 0.119 e. The molecular weight excluding hydrogens is 228 g/mol. The van der Waals surface area contributed by atoms with Gasteiger partial charge < -0.3 is 19.7 Å². The number of hydrogen-bond donors (Lipinski definition) is 1. The molecule has 1 N–H and O–H groups in total. The van der Waals surface area contributed by atoms with Crippen molar-refractivity contribution in [2.75, 3.05) is 46.9 Å². The summed E-state index contributed by atoms with van der Waals surface area (Å²) in [5.41, 5.74) is 0. The Hall–Kier alpha value is -1.26. The Labute approximate surface area is 110 Å². The first-order chi connectivity index (χ1) is 8.76. The lowest BCUT2D eigenvalue weighted by atomic mass is 10.3. The molecule has 4 heteroatoms. The SMILES string of the molecule is CCNCCN(C)CCOc1ccc(OC)cc1. The number of ether oxygens (including phenoxy) is 2. The molecule has 1 rings (SSSR count). The summed E-state index contributed by atoms with van der Waals surface area (Å²) in [5.74, 6) is 1.74. The minimum Gasteiger partial charge on any atom is -0.497 e. The molecular formula is C14H24N2O2. The van der Waals surface area contributed by atoms with Crippen LogP contribution in [0.4, 0.5) is 0 Å². The lowest BCUT2D eigenvalue weighted by Gasteiger charge is -2.17. The highest BCUT2D eigenvalue weighted by Crippen LogP contribution is 2.16. The third-order valence-corrected chi connectivity index (χ3v) is 2.72. The number of hydrogen-bond acceptors (Lipinski definition) is 4. The molecule has 0 fully saturated rings. The monoisotopic (exact) mass is 252 g/mol. The number of rotatable bonds is 9. The fourth-order valence-electron chi connectivity index (χ4n) is 1.55. The number of methoxy groups -OCH3 is 1. The molecule has 102 valence electrons. The van der Waals surface area contributed by atoms with E-state index in [0.717, 1.165) is 37.7 Å². The molecule has 0 saturated heterocycles. The van der Waals surface area contributed by atoms with Crippen LogP contribution in [0.3, 0.4) is 0 Å². The van der Waals surface area contributed by atoms with Crippen molar-refractivity contribution in [3.05, 3.63) is 24.3 Å². The number of benzene rings is 1. The number of nitrogens with zero attached hydrogens (tertiary/aromatic N) is 1. The summed E-state index contributed by atoms with van der Waals surface area (Å²) >= 11 is 0. The minimum absolute atomic E-state index is 0.703. The van der Waals surface area contributed by atoms with E-state index in [2.05, 4.69) is 24.2 Å². The van der Waals surface area contributed by atoms with Gasteiger partial charge in [-0.1, -0.05) is 6.92 Å². The normalized spacial score (nSPS) is 10.7. The number of nitrogens with one attached hydrogen (secondary N) is 1. The molecule has 0 bridgehead atoms. The fraction of sp³-hybridized carbons (Fsp3) is 0.571. The maximum atomic E-state index is 5.66. The highest BCUT2D eigenvalue weighted by atomic mass is 16.5. The van der Waals surface area contributed by atoms with Crippen LogP contribution in [0.1, 0.15) is 6.92 Å². The van der Waals surface area contributed by atoms with Gasteiger partial charge in [-0.05, 0) is 37.9 Å². The second-order valence-corrected chi connectivity index (χ2v) is 4.18. The van der Waals surface area contributed by atoms with Crippen LogP contribution >= 0.6 is 0 Å². The molecule has 0 saturated carbocycles. The van der Waals surface area contributed by atoms with E-state index in [1.807, 2.05) is 24.3 Å². The maximum absolute atomic E-state index is 5.66. The second-order valence-electron chi connectivity index (χ2n) is 4.18. The zero-order valence-electron chi connectivity index (χ0n) is 11.6. The number of likely N-dealkylation sites (N-methyl/N-ethyl adjacent to an activating group) is 2. The Morgan fingerprint density at radius 1 is 1.11 bits per heavy atom. The van der Waals surface area contributed by atoms with Crippen molar-refractivity contribution in [1.29, 1.82) is 0 Å². The Morgan fingerprint density at radius 3 is 2.39 bits per heavy atom. The molecule has 18 heavy (non-hydrogen) atoms. The average molecular weight is 252 g/mol. The Balaban J connectivity index is 2.16. The quantitative estimate of drug-likeness (QED) is 0.677. The van der Waals surface area contributed by atoms with Crippen LogP contribution in [0.2, 0.25) is 0 Å². The second kappa shape index (κ2) is 8.78. The summed E-state index contributed by atoms with van der Waals surface area (Å²) in [6.07, 6.45) is 0. The van der Waals surface area contributed by atoms with Gasteiger partial charge in [0.1, 0.15) is 18.1 Å². The van der Waals surface area contributed by atoms with Crippen molar-refractivity contribution in [3.8, 4) is 11.5 Å². The molecule has 0 aliphatic carbocycles. The van der Waals surface area contributed by atoms with E-state index in [1.54, 1.807) is 7.11 Å². The summed E-state index contributed by atoms with van der Waals surface area (Å²) in [5, 5.41) is 3.30. The molecule has 0 atom stereocenters. The highest BCUT2D eigenvalue weighted by molar-refractivity contribution is 5.31. The lowest BCUT2D eigenvalue weighted by Crippen LogP contribution is -2.31. The van der Waals surface area contributed by atoms with Crippen LogP contribution in [-0.2, 0) is 0 Å². The summed E-state index contributed by atoms with van der Waals surface area (Å²) in [6.45, 7) is 6.84. The highest BCUT2D eigenvalue weighted by Gasteiger charge is 1.99. The molecule has 0 spiro atoms. The zero-order valence-corrected chi connectivity index (χ0v) is 11.6. The Morgan fingerprint density at radius 2 is 1.78 bits per heavy atom. The predicted octanol–water partition coefficient (Wildman–Crippen LogP) is 1.62. The van der Waals surface area contributed by atoms with E-state index in [1.165, 1.54) is 0 Å². The van der Waals surface area contributed by atoms with Gasteiger partial charge in [0, 0.05) is 19.6 Å². The molecule has 0 aromatic heterocycles. The van der Waals surface area contributed by atoms with E-state index in [4.69, 9.17) is 9.47 Å². The van der Waals surface area contributed by atoms with Crippen molar-refractivity contribution >= 4 is 0 Å². The zero-order chi connectivity index (χ0) is 13.2. The predicted molar refractivity (Wildman–Crippen MR) is 74.5 cm³/mol. The molecule has 0 amide bonds. The standard InChI is InChI=1S/C14H24N2O2/c1-4-15-9-10-16(2)11-12-18-14-7-5-13(17-3)6-8-14/h5-8,15H,4,9-12H2,1-3H3. The van der Waals surface area contributed by atoms with E-state index >= 15 is 0 Å². The van der Waals surface area contributed by atoms with Crippen molar-refractivity contribution in [2.45, 2.75) is 6.92 Å². The van der Waals surface area contributed by atoms with Gasteiger partial charge in [-0.15, -0.1) is 0 Å². The van der Waals surface area contributed by atoms with Gasteiger partial charge >= 0.3 is 0 Å². The van der Waals surface area contributed by atoms with Crippen LogP contribution in [0.15, 0.2) is 24.3 Å². The van der Waals surface area contributed by atoms with E-state index < -0.39 is 0 Å².